The Morgan fingerprint density at radius 1 is 1.22 bits per heavy atom. The summed E-state index contributed by atoms with van der Waals surface area (Å²) in [4.78, 5) is 27.6. The SMILES string of the molecule is COCCCS(=O)(=O)c1ccc(/C(=N\OCc2nccs2)C(=O)Nc2ncc(C)s2)cc1. The molecular formula is C20H22N4O5S3. The second kappa shape index (κ2) is 11.3. The van der Waals surface area contributed by atoms with Gasteiger partial charge in [0.15, 0.2) is 27.3 Å². The van der Waals surface area contributed by atoms with E-state index in [1.807, 2.05) is 12.3 Å². The number of anilines is 1. The molecule has 0 fully saturated rings. The van der Waals surface area contributed by atoms with Crippen LogP contribution in [-0.4, -0.2) is 49.5 Å². The number of methoxy groups -OCH3 is 1. The number of oxime groups is 1. The van der Waals surface area contributed by atoms with Gasteiger partial charge in [-0.25, -0.2) is 18.4 Å². The first kappa shape index (κ1) is 24.0. The molecule has 9 nitrogen and oxygen atoms in total. The lowest BCUT2D eigenvalue weighted by Gasteiger charge is -2.08. The molecule has 2 heterocycles. The van der Waals surface area contributed by atoms with Gasteiger partial charge in [-0.1, -0.05) is 17.3 Å². The monoisotopic (exact) mass is 494 g/mol. The predicted molar refractivity (Wildman–Crippen MR) is 124 cm³/mol. The van der Waals surface area contributed by atoms with Gasteiger partial charge in [0.2, 0.25) is 0 Å². The van der Waals surface area contributed by atoms with E-state index < -0.39 is 15.7 Å². The van der Waals surface area contributed by atoms with E-state index in [-0.39, 0.29) is 23.0 Å². The van der Waals surface area contributed by atoms with E-state index in [0.29, 0.717) is 28.7 Å². The Hall–Kier alpha value is -2.67. The van der Waals surface area contributed by atoms with E-state index >= 15 is 0 Å². The zero-order valence-corrected chi connectivity index (χ0v) is 19.9. The molecule has 1 N–H and O–H groups in total. The number of carbonyl (C=O) groups excluding carboxylic acids is 1. The third-order valence-electron chi connectivity index (χ3n) is 4.13. The van der Waals surface area contributed by atoms with Crippen molar-refractivity contribution in [2.75, 3.05) is 24.8 Å². The molecule has 0 aliphatic rings. The van der Waals surface area contributed by atoms with Crippen LogP contribution in [0.3, 0.4) is 0 Å². The zero-order chi connectivity index (χ0) is 23.0. The van der Waals surface area contributed by atoms with Crippen molar-refractivity contribution in [3.63, 3.8) is 0 Å². The van der Waals surface area contributed by atoms with Gasteiger partial charge in [-0.2, -0.15) is 0 Å². The molecule has 3 aromatic rings. The number of aromatic nitrogens is 2. The van der Waals surface area contributed by atoms with Crippen molar-refractivity contribution < 1.29 is 22.8 Å². The summed E-state index contributed by atoms with van der Waals surface area (Å²) in [5, 5.41) is 9.65. The number of nitrogens with zero attached hydrogens (tertiary/aromatic N) is 3. The Morgan fingerprint density at radius 2 is 2.00 bits per heavy atom. The van der Waals surface area contributed by atoms with Crippen LogP contribution in [0.25, 0.3) is 0 Å². The number of thiazole rings is 2. The normalized spacial score (nSPS) is 12.0. The first-order valence-corrected chi connectivity index (χ1v) is 12.9. The van der Waals surface area contributed by atoms with Crippen LogP contribution in [0.5, 0.6) is 0 Å². The van der Waals surface area contributed by atoms with Crippen LogP contribution in [0.4, 0.5) is 5.13 Å². The summed E-state index contributed by atoms with van der Waals surface area (Å²) in [6.45, 7) is 2.35. The highest BCUT2D eigenvalue weighted by Crippen LogP contribution is 2.18. The average Bonchev–Trinajstić information content (AvgIpc) is 3.43. The van der Waals surface area contributed by atoms with Gasteiger partial charge in [0, 0.05) is 41.9 Å². The molecule has 0 saturated carbocycles. The van der Waals surface area contributed by atoms with E-state index in [1.54, 1.807) is 12.4 Å². The summed E-state index contributed by atoms with van der Waals surface area (Å²) >= 11 is 2.74. The van der Waals surface area contributed by atoms with E-state index in [9.17, 15) is 13.2 Å². The van der Waals surface area contributed by atoms with Crippen molar-refractivity contribution in [2.45, 2.75) is 24.8 Å². The molecule has 2 aromatic heterocycles. The van der Waals surface area contributed by atoms with Crippen LogP contribution in [0.2, 0.25) is 0 Å². The van der Waals surface area contributed by atoms with Crippen molar-refractivity contribution in [1.82, 2.24) is 9.97 Å². The summed E-state index contributed by atoms with van der Waals surface area (Å²) in [6.07, 6.45) is 3.70. The van der Waals surface area contributed by atoms with Crippen LogP contribution in [0.15, 0.2) is 52.1 Å². The zero-order valence-electron chi connectivity index (χ0n) is 17.5. The van der Waals surface area contributed by atoms with Crippen molar-refractivity contribution in [3.8, 4) is 0 Å². The van der Waals surface area contributed by atoms with Gasteiger partial charge >= 0.3 is 0 Å². The lowest BCUT2D eigenvalue weighted by Crippen LogP contribution is -2.24. The lowest BCUT2D eigenvalue weighted by molar-refractivity contribution is -0.110. The van der Waals surface area contributed by atoms with Gasteiger partial charge in [-0.3, -0.25) is 10.1 Å². The summed E-state index contributed by atoms with van der Waals surface area (Å²) < 4.78 is 29.9. The Bertz CT molecular complexity index is 1160. The highest BCUT2D eigenvalue weighted by Gasteiger charge is 2.19. The second-order valence-electron chi connectivity index (χ2n) is 6.56. The fraction of sp³-hybridized carbons (Fsp3) is 0.300. The van der Waals surface area contributed by atoms with Crippen LogP contribution >= 0.6 is 22.7 Å². The number of hydrogen-bond donors (Lipinski definition) is 1. The Morgan fingerprint density at radius 3 is 2.62 bits per heavy atom. The molecule has 1 aromatic carbocycles. The number of amides is 1. The highest BCUT2D eigenvalue weighted by atomic mass is 32.2. The predicted octanol–water partition coefficient (Wildman–Crippen LogP) is 3.28. The van der Waals surface area contributed by atoms with Gasteiger partial charge in [-0.05, 0) is 25.5 Å². The van der Waals surface area contributed by atoms with Crippen LogP contribution < -0.4 is 5.32 Å². The molecule has 0 radical (unpaired) electrons. The molecule has 0 spiro atoms. The van der Waals surface area contributed by atoms with Crippen molar-refractivity contribution >= 4 is 49.3 Å². The number of hydrogen-bond acceptors (Lipinski definition) is 10. The molecule has 0 atom stereocenters. The number of sulfone groups is 1. The third kappa shape index (κ3) is 6.66. The van der Waals surface area contributed by atoms with E-state index in [4.69, 9.17) is 9.57 Å². The van der Waals surface area contributed by atoms with Gasteiger partial charge in [0.25, 0.3) is 5.91 Å². The molecule has 0 aliphatic heterocycles. The van der Waals surface area contributed by atoms with Crippen molar-refractivity contribution in [2.24, 2.45) is 5.16 Å². The van der Waals surface area contributed by atoms with Gasteiger partial charge in [-0.15, -0.1) is 22.7 Å². The fourth-order valence-electron chi connectivity index (χ4n) is 2.60. The Labute approximate surface area is 194 Å². The molecule has 1 amide bonds. The van der Waals surface area contributed by atoms with E-state index in [1.165, 1.54) is 54.0 Å². The molecule has 0 unspecified atom stereocenters. The van der Waals surface area contributed by atoms with Crippen molar-refractivity contribution in [1.29, 1.82) is 0 Å². The van der Waals surface area contributed by atoms with Crippen LogP contribution in [0.1, 0.15) is 21.9 Å². The summed E-state index contributed by atoms with van der Waals surface area (Å²) in [5.41, 5.74) is 0.406. The molecule has 0 bridgehead atoms. The molecule has 0 saturated heterocycles. The minimum absolute atomic E-state index is 0.00209. The van der Waals surface area contributed by atoms with E-state index in [0.717, 1.165) is 4.88 Å². The fourth-order valence-corrected chi connectivity index (χ4v) is 5.07. The quantitative estimate of drug-likeness (QED) is 0.247. The summed E-state index contributed by atoms with van der Waals surface area (Å²) in [6, 6.07) is 5.96. The molecule has 32 heavy (non-hydrogen) atoms. The van der Waals surface area contributed by atoms with Gasteiger partial charge in [0.1, 0.15) is 5.01 Å². The van der Waals surface area contributed by atoms with Crippen LogP contribution in [0, 0.1) is 6.92 Å². The minimum atomic E-state index is -3.45. The lowest BCUT2D eigenvalue weighted by atomic mass is 10.1. The molecule has 170 valence electrons. The number of benzene rings is 1. The number of nitrogens with one attached hydrogen (secondary N) is 1. The smallest absolute Gasteiger partial charge is 0.280 e. The average molecular weight is 495 g/mol. The Kier molecular flexibility index (Phi) is 8.45. The number of aryl methyl sites for hydroxylation is 1. The summed E-state index contributed by atoms with van der Waals surface area (Å²) in [5.74, 6) is -0.545. The second-order valence-corrected chi connectivity index (χ2v) is 10.9. The minimum Gasteiger partial charge on any atom is -0.388 e. The molecule has 0 aliphatic carbocycles. The maximum Gasteiger partial charge on any atom is 0.280 e. The molecule has 3 rings (SSSR count). The summed E-state index contributed by atoms with van der Waals surface area (Å²) in [7, 11) is -1.93. The number of ether oxygens (including phenoxy) is 1. The van der Waals surface area contributed by atoms with Gasteiger partial charge in [0.05, 0.1) is 10.6 Å². The topological polar surface area (TPSA) is 120 Å². The maximum absolute atomic E-state index is 12.9. The first-order valence-electron chi connectivity index (χ1n) is 9.53. The standard InChI is InChI=1S/C20H22N4O5S3/c1-14-12-22-20(31-14)23-19(25)18(24-29-13-17-21-8-10-30-17)15-4-6-16(7-5-15)32(26,27)11-3-9-28-2/h4-8,10,12H,3,9,11,13H2,1-2H3,(H,22,23,25)/b24-18+. The maximum atomic E-state index is 12.9. The third-order valence-corrected chi connectivity index (χ3v) is 7.53. The largest absolute Gasteiger partial charge is 0.388 e. The molecule has 12 heteroatoms. The molecular weight excluding hydrogens is 472 g/mol. The van der Waals surface area contributed by atoms with Gasteiger partial charge < -0.3 is 9.57 Å². The number of rotatable bonds is 11. The number of carbonyl (C=O) groups is 1. The first-order chi connectivity index (χ1) is 15.4. The Balaban J connectivity index is 1.80. The van der Waals surface area contributed by atoms with Crippen LogP contribution in [-0.2, 0) is 30.8 Å². The highest BCUT2D eigenvalue weighted by molar-refractivity contribution is 7.91. The van der Waals surface area contributed by atoms with Crippen molar-refractivity contribution in [3.05, 3.63) is 57.5 Å². The van der Waals surface area contributed by atoms with E-state index in [2.05, 4.69) is 20.4 Å².